The van der Waals surface area contributed by atoms with Gasteiger partial charge in [-0.05, 0) is 88.7 Å². The third-order valence-electron chi connectivity index (χ3n) is 5.68. The first-order valence-electron chi connectivity index (χ1n) is 9.67. The predicted molar refractivity (Wildman–Crippen MR) is 100 cm³/mol. The maximum absolute atomic E-state index is 6.65. The first-order valence-corrected chi connectivity index (χ1v) is 9.67. The van der Waals surface area contributed by atoms with Gasteiger partial charge >= 0.3 is 0 Å². The van der Waals surface area contributed by atoms with Gasteiger partial charge in [0.2, 0.25) is 0 Å². The lowest BCUT2D eigenvalue weighted by Crippen LogP contribution is -2.22. The molecule has 0 aliphatic heterocycles. The highest BCUT2D eigenvalue weighted by Crippen LogP contribution is 2.39. The molecule has 0 bridgehead atoms. The molecule has 0 atom stereocenters. The molecule has 1 saturated carbocycles. The molecule has 0 aromatic carbocycles. The van der Waals surface area contributed by atoms with Crippen LogP contribution in [-0.2, 0) is 4.74 Å². The zero-order valence-corrected chi connectivity index (χ0v) is 16.2. The molecule has 1 heteroatoms. The molecule has 1 nitrogen and oxygen atoms in total. The van der Waals surface area contributed by atoms with Crippen molar-refractivity contribution in [2.45, 2.75) is 92.6 Å². The first kappa shape index (κ1) is 18.4. The Bertz CT molecular complexity index is 496. The third-order valence-corrected chi connectivity index (χ3v) is 5.68. The van der Waals surface area contributed by atoms with Crippen LogP contribution in [0.2, 0.25) is 0 Å². The molecule has 0 aromatic heterocycles. The minimum absolute atomic E-state index is 0.409. The largest absolute Gasteiger partial charge is 0.490 e. The molecule has 0 heterocycles. The van der Waals surface area contributed by atoms with Crippen molar-refractivity contribution in [3.05, 3.63) is 34.1 Å². The molecule has 0 saturated heterocycles. The van der Waals surface area contributed by atoms with E-state index >= 15 is 0 Å². The van der Waals surface area contributed by atoms with Gasteiger partial charge in [0.15, 0.2) is 0 Å². The van der Waals surface area contributed by atoms with Crippen molar-refractivity contribution in [1.82, 2.24) is 0 Å². The summed E-state index contributed by atoms with van der Waals surface area (Å²) in [4.78, 5) is 0. The van der Waals surface area contributed by atoms with Crippen molar-refractivity contribution in [1.29, 1.82) is 0 Å². The Morgan fingerprint density at radius 2 is 1.78 bits per heavy atom. The quantitative estimate of drug-likeness (QED) is 0.393. The van der Waals surface area contributed by atoms with Gasteiger partial charge in [-0.1, -0.05) is 32.4 Å². The van der Waals surface area contributed by atoms with E-state index < -0.39 is 0 Å². The van der Waals surface area contributed by atoms with Crippen LogP contribution in [0.4, 0.5) is 0 Å². The second kappa shape index (κ2) is 8.22. The Morgan fingerprint density at radius 1 is 1.13 bits per heavy atom. The van der Waals surface area contributed by atoms with Gasteiger partial charge in [-0.25, -0.2) is 0 Å². The Kier molecular flexibility index (Phi) is 6.56. The Hall–Kier alpha value is -0.980. The van der Waals surface area contributed by atoms with Gasteiger partial charge in [0.25, 0.3) is 0 Å². The molecule has 0 radical (unpaired) electrons. The summed E-state index contributed by atoms with van der Waals surface area (Å²) in [6.07, 6.45) is 11.5. The number of rotatable bonds is 5. The zero-order valence-electron chi connectivity index (χ0n) is 16.2. The number of hydrogen-bond acceptors (Lipinski definition) is 1. The molecular formula is C22H36O. The van der Waals surface area contributed by atoms with Gasteiger partial charge in [0.1, 0.15) is 5.76 Å². The highest BCUT2D eigenvalue weighted by Gasteiger charge is 2.26. The second-order valence-electron chi connectivity index (χ2n) is 7.98. The fourth-order valence-electron chi connectivity index (χ4n) is 4.02. The Morgan fingerprint density at radius 3 is 2.26 bits per heavy atom. The van der Waals surface area contributed by atoms with E-state index in [0.29, 0.717) is 12.0 Å². The third kappa shape index (κ3) is 4.52. The Labute approximate surface area is 143 Å². The van der Waals surface area contributed by atoms with Gasteiger partial charge in [-0.3, -0.25) is 0 Å². The Balaban J connectivity index is 2.35. The maximum Gasteiger partial charge on any atom is 0.126 e. The summed E-state index contributed by atoms with van der Waals surface area (Å²) in [5, 5.41) is 0. The zero-order chi connectivity index (χ0) is 17.0. The average Bonchev–Trinajstić information content (AvgIpc) is 2.93. The standard InChI is InChI=1S/C22H36O/c1-7-17(5)22(23-19-13-11-16(4)12-14-19)21(15(2)3)20-10-8-9-18(20)6/h7,15-16,19H,8-14H2,1-6H3. The molecule has 0 aromatic rings. The topological polar surface area (TPSA) is 9.23 Å². The highest BCUT2D eigenvalue weighted by molar-refractivity contribution is 5.45. The molecule has 0 amide bonds. The summed E-state index contributed by atoms with van der Waals surface area (Å²) >= 11 is 0. The lowest BCUT2D eigenvalue weighted by molar-refractivity contribution is 0.0721. The van der Waals surface area contributed by atoms with Crippen molar-refractivity contribution in [3.8, 4) is 0 Å². The normalized spacial score (nSPS) is 27.5. The minimum atomic E-state index is 0.409. The summed E-state index contributed by atoms with van der Waals surface area (Å²) in [5.41, 5.74) is 5.95. The summed E-state index contributed by atoms with van der Waals surface area (Å²) in [6.45, 7) is 13.7. The molecule has 130 valence electrons. The van der Waals surface area contributed by atoms with E-state index in [4.69, 9.17) is 4.74 Å². The van der Waals surface area contributed by atoms with Gasteiger partial charge in [-0.2, -0.15) is 0 Å². The molecule has 0 unspecified atom stereocenters. The molecule has 2 rings (SSSR count). The van der Waals surface area contributed by atoms with Crippen molar-refractivity contribution in [3.63, 3.8) is 0 Å². The van der Waals surface area contributed by atoms with Gasteiger partial charge in [-0.15, -0.1) is 0 Å². The maximum atomic E-state index is 6.65. The van der Waals surface area contributed by atoms with Crippen LogP contribution in [0.3, 0.4) is 0 Å². The van der Waals surface area contributed by atoms with Crippen LogP contribution in [-0.4, -0.2) is 6.10 Å². The van der Waals surface area contributed by atoms with Gasteiger partial charge in [0.05, 0.1) is 6.10 Å². The molecule has 2 aliphatic carbocycles. The fraction of sp³-hybridized carbons (Fsp3) is 0.727. The van der Waals surface area contributed by atoms with Crippen LogP contribution < -0.4 is 0 Å². The monoisotopic (exact) mass is 316 g/mol. The average molecular weight is 317 g/mol. The lowest BCUT2D eigenvalue weighted by Gasteiger charge is -2.30. The smallest absolute Gasteiger partial charge is 0.126 e. The van der Waals surface area contributed by atoms with E-state index in [9.17, 15) is 0 Å². The van der Waals surface area contributed by atoms with Crippen molar-refractivity contribution >= 4 is 0 Å². The van der Waals surface area contributed by atoms with Crippen LogP contribution in [0.15, 0.2) is 34.1 Å². The minimum Gasteiger partial charge on any atom is -0.490 e. The highest BCUT2D eigenvalue weighted by atomic mass is 16.5. The van der Waals surface area contributed by atoms with Crippen LogP contribution in [0, 0.1) is 11.8 Å². The van der Waals surface area contributed by atoms with Crippen LogP contribution in [0.1, 0.15) is 86.5 Å². The van der Waals surface area contributed by atoms with Crippen LogP contribution in [0.5, 0.6) is 0 Å². The van der Waals surface area contributed by atoms with E-state index in [-0.39, 0.29) is 0 Å². The lowest BCUT2D eigenvalue weighted by atomic mass is 9.87. The van der Waals surface area contributed by atoms with E-state index in [0.717, 1.165) is 5.92 Å². The van der Waals surface area contributed by atoms with Crippen molar-refractivity contribution < 1.29 is 4.74 Å². The SMILES string of the molecule is CC=C(C)C(OC1CCC(C)CC1)=C(C1=C(C)CCC1)C(C)C. The first-order chi connectivity index (χ1) is 10.9. The molecule has 2 aliphatic rings. The summed E-state index contributed by atoms with van der Waals surface area (Å²) < 4.78 is 6.65. The number of hydrogen-bond donors (Lipinski definition) is 0. The number of allylic oxidation sites excluding steroid dienone is 5. The molecular weight excluding hydrogens is 280 g/mol. The molecule has 0 spiro atoms. The van der Waals surface area contributed by atoms with Gasteiger partial charge in [0, 0.05) is 5.57 Å². The summed E-state index contributed by atoms with van der Waals surface area (Å²) in [7, 11) is 0. The van der Waals surface area contributed by atoms with Crippen molar-refractivity contribution in [2.75, 3.05) is 0 Å². The second-order valence-corrected chi connectivity index (χ2v) is 7.98. The van der Waals surface area contributed by atoms with E-state index in [1.54, 1.807) is 11.1 Å². The summed E-state index contributed by atoms with van der Waals surface area (Å²) in [6, 6.07) is 0. The fourth-order valence-corrected chi connectivity index (χ4v) is 4.02. The van der Waals surface area contributed by atoms with E-state index in [1.165, 1.54) is 61.9 Å². The van der Waals surface area contributed by atoms with Crippen LogP contribution in [0.25, 0.3) is 0 Å². The van der Waals surface area contributed by atoms with E-state index in [2.05, 4.69) is 47.6 Å². The summed E-state index contributed by atoms with van der Waals surface area (Å²) in [5.74, 6) is 2.58. The molecule has 23 heavy (non-hydrogen) atoms. The van der Waals surface area contributed by atoms with Gasteiger partial charge < -0.3 is 4.74 Å². The van der Waals surface area contributed by atoms with Crippen LogP contribution >= 0.6 is 0 Å². The number of ether oxygens (including phenoxy) is 1. The van der Waals surface area contributed by atoms with Crippen molar-refractivity contribution in [2.24, 2.45) is 11.8 Å². The molecule has 0 N–H and O–H groups in total. The van der Waals surface area contributed by atoms with E-state index in [1.807, 2.05) is 0 Å². The molecule has 1 fully saturated rings. The predicted octanol–water partition coefficient (Wildman–Crippen LogP) is 6.96.